The molecule has 9 heteroatoms. The number of benzene rings is 2. The van der Waals surface area contributed by atoms with Crippen LogP contribution >= 0.6 is 0 Å². The molecule has 0 saturated carbocycles. The summed E-state index contributed by atoms with van der Waals surface area (Å²) in [4.78, 5) is 14.9. The van der Waals surface area contributed by atoms with E-state index in [-0.39, 0.29) is 10.8 Å². The van der Waals surface area contributed by atoms with E-state index in [1.165, 1.54) is 10.4 Å². The smallest absolute Gasteiger partial charge is 0.251 e. The number of nitrogens with zero attached hydrogens (tertiary/aromatic N) is 2. The number of amides is 1. The molecule has 0 radical (unpaired) electrons. The van der Waals surface area contributed by atoms with Gasteiger partial charge in [-0.1, -0.05) is 12.1 Å². The van der Waals surface area contributed by atoms with E-state index >= 15 is 0 Å². The Hall–Kier alpha value is -2.62. The summed E-state index contributed by atoms with van der Waals surface area (Å²) in [6, 6.07) is 12.0. The average molecular weight is 476 g/mol. The molecule has 33 heavy (non-hydrogen) atoms. The summed E-state index contributed by atoms with van der Waals surface area (Å²) in [5.74, 6) is 1.08. The van der Waals surface area contributed by atoms with Crippen LogP contribution in [0.1, 0.15) is 29.8 Å². The van der Waals surface area contributed by atoms with Crippen molar-refractivity contribution >= 4 is 15.9 Å². The molecule has 1 aliphatic rings. The van der Waals surface area contributed by atoms with Crippen molar-refractivity contribution in [2.45, 2.75) is 25.2 Å². The van der Waals surface area contributed by atoms with Crippen LogP contribution < -0.4 is 14.8 Å². The Morgan fingerprint density at radius 3 is 2.36 bits per heavy atom. The van der Waals surface area contributed by atoms with Crippen LogP contribution in [0.25, 0.3) is 0 Å². The highest BCUT2D eigenvalue weighted by Gasteiger charge is 2.27. The SMILES string of the molecule is CCOc1ccc(CCNC(=O)c2cccc(S(=O)(=O)N3CCN(C)CC3)c2)cc1OCC. The second kappa shape index (κ2) is 11.5. The van der Waals surface area contributed by atoms with Crippen LogP contribution in [0.5, 0.6) is 11.5 Å². The highest BCUT2D eigenvalue weighted by Crippen LogP contribution is 2.28. The maximum absolute atomic E-state index is 13.0. The van der Waals surface area contributed by atoms with Crippen molar-refractivity contribution in [1.82, 2.24) is 14.5 Å². The zero-order valence-electron chi connectivity index (χ0n) is 19.5. The lowest BCUT2D eigenvalue weighted by Gasteiger charge is -2.31. The zero-order chi connectivity index (χ0) is 23.8. The molecule has 1 aliphatic heterocycles. The number of carbonyl (C=O) groups excluding carboxylic acids is 1. The maximum atomic E-state index is 13.0. The van der Waals surface area contributed by atoms with Gasteiger partial charge in [0.05, 0.1) is 18.1 Å². The molecule has 0 spiro atoms. The number of carbonyl (C=O) groups is 1. The quantitative estimate of drug-likeness (QED) is 0.568. The summed E-state index contributed by atoms with van der Waals surface area (Å²) in [5.41, 5.74) is 1.33. The van der Waals surface area contributed by atoms with Crippen LogP contribution in [0, 0.1) is 0 Å². The molecular weight excluding hydrogens is 442 g/mol. The summed E-state index contributed by atoms with van der Waals surface area (Å²) in [6.07, 6.45) is 0.609. The molecule has 8 nitrogen and oxygen atoms in total. The molecular formula is C24H33N3O5S. The third kappa shape index (κ3) is 6.46. The molecule has 0 bridgehead atoms. The van der Waals surface area contributed by atoms with Gasteiger partial charge in [-0.3, -0.25) is 4.79 Å². The largest absolute Gasteiger partial charge is 0.490 e. The summed E-state index contributed by atoms with van der Waals surface area (Å²) < 4.78 is 38.7. The highest BCUT2D eigenvalue weighted by molar-refractivity contribution is 7.89. The second-order valence-electron chi connectivity index (χ2n) is 7.89. The molecule has 0 atom stereocenters. The van der Waals surface area contributed by atoms with Crippen molar-refractivity contribution in [1.29, 1.82) is 0 Å². The van der Waals surface area contributed by atoms with Gasteiger partial charge in [0.25, 0.3) is 5.91 Å². The van der Waals surface area contributed by atoms with E-state index in [9.17, 15) is 13.2 Å². The predicted molar refractivity (Wildman–Crippen MR) is 128 cm³/mol. The van der Waals surface area contributed by atoms with Crippen LogP contribution in [0.3, 0.4) is 0 Å². The van der Waals surface area contributed by atoms with Gasteiger partial charge in [0, 0.05) is 38.3 Å². The van der Waals surface area contributed by atoms with Gasteiger partial charge in [-0.15, -0.1) is 0 Å². The normalized spacial score (nSPS) is 15.2. The Morgan fingerprint density at radius 1 is 0.970 bits per heavy atom. The topological polar surface area (TPSA) is 88.2 Å². The van der Waals surface area contributed by atoms with Crippen LogP contribution in [-0.2, 0) is 16.4 Å². The van der Waals surface area contributed by atoms with Gasteiger partial charge >= 0.3 is 0 Å². The third-order valence-electron chi connectivity index (χ3n) is 5.50. The number of piperazine rings is 1. The van der Waals surface area contributed by atoms with Gasteiger partial charge < -0.3 is 19.7 Å². The Bertz CT molecular complexity index is 1050. The fourth-order valence-electron chi connectivity index (χ4n) is 3.65. The van der Waals surface area contributed by atoms with Crippen molar-refractivity contribution in [2.24, 2.45) is 0 Å². The van der Waals surface area contributed by atoms with E-state index in [1.54, 1.807) is 18.2 Å². The Kier molecular flexibility index (Phi) is 8.71. The minimum Gasteiger partial charge on any atom is -0.490 e. The molecule has 2 aromatic rings. The number of hydrogen-bond donors (Lipinski definition) is 1. The molecule has 0 aromatic heterocycles. The first-order chi connectivity index (χ1) is 15.8. The van der Waals surface area contributed by atoms with Crippen LogP contribution in [0.2, 0.25) is 0 Å². The van der Waals surface area contributed by atoms with E-state index < -0.39 is 10.0 Å². The van der Waals surface area contributed by atoms with Crippen molar-refractivity contribution in [3.63, 3.8) is 0 Å². The molecule has 1 heterocycles. The van der Waals surface area contributed by atoms with Crippen LogP contribution in [0.15, 0.2) is 47.4 Å². The van der Waals surface area contributed by atoms with Crippen molar-refractivity contribution < 1.29 is 22.7 Å². The highest BCUT2D eigenvalue weighted by atomic mass is 32.2. The molecule has 1 fully saturated rings. The lowest BCUT2D eigenvalue weighted by atomic mass is 10.1. The van der Waals surface area contributed by atoms with Crippen LogP contribution in [-0.4, -0.2) is 76.5 Å². The van der Waals surface area contributed by atoms with Gasteiger partial charge in [0.1, 0.15) is 0 Å². The fraction of sp³-hybridized carbons (Fsp3) is 0.458. The zero-order valence-corrected chi connectivity index (χ0v) is 20.4. The van der Waals surface area contributed by atoms with Gasteiger partial charge in [0.15, 0.2) is 11.5 Å². The van der Waals surface area contributed by atoms with Gasteiger partial charge in [-0.25, -0.2) is 8.42 Å². The molecule has 2 aromatic carbocycles. The van der Waals surface area contributed by atoms with Gasteiger partial charge in [-0.2, -0.15) is 4.31 Å². The van der Waals surface area contributed by atoms with Gasteiger partial charge in [-0.05, 0) is 63.2 Å². The second-order valence-corrected chi connectivity index (χ2v) is 9.83. The van der Waals surface area contributed by atoms with Crippen molar-refractivity contribution in [2.75, 3.05) is 53.0 Å². The number of ether oxygens (including phenoxy) is 2. The van der Waals surface area contributed by atoms with Gasteiger partial charge in [0.2, 0.25) is 10.0 Å². The van der Waals surface area contributed by atoms with E-state index in [1.807, 2.05) is 39.1 Å². The monoisotopic (exact) mass is 475 g/mol. The molecule has 0 unspecified atom stereocenters. The fourth-order valence-corrected chi connectivity index (χ4v) is 5.12. The molecule has 3 rings (SSSR count). The lowest BCUT2D eigenvalue weighted by Crippen LogP contribution is -2.47. The summed E-state index contributed by atoms with van der Waals surface area (Å²) in [6.45, 7) is 7.61. The molecule has 1 saturated heterocycles. The molecule has 1 amide bonds. The number of hydrogen-bond acceptors (Lipinski definition) is 6. The number of sulfonamides is 1. The first-order valence-corrected chi connectivity index (χ1v) is 12.7. The van der Waals surface area contributed by atoms with Crippen molar-refractivity contribution in [3.8, 4) is 11.5 Å². The average Bonchev–Trinajstić information content (AvgIpc) is 2.81. The van der Waals surface area contributed by atoms with E-state index in [2.05, 4.69) is 10.2 Å². The minimum absolute atomic E-state index is 0.146. The first-order valence-electron chi connectivity index (χ1n) is 11.3. The maximum Gasteiger partial charge on any atom is 0.251 e. The summed E-state index contributed by atoms with van der Waals surface area (Å²) in [5, 5.41) is 2.88. The molecule has 180 valence electrons. The number of nitrogens with one attached hydrogen (secondary N) is 1. The number of likely N-dealkylation sites (N-methyl/N-ethyl adjacent to an activating group) is 1. The van der Waals surface area contributed by atoms with Crippen LogP contribution in [0.4, 0.5) is 0 Å². The first kappa shape index (κ1) is 25.0. The standard InChI is InChI=1S/C24H33N3O5S/c1-4-31-22-10-9-19(17-23(22)32-5-2)11-12-25-24(28)20-7-6-8-21(18-20)33(29,30)27-15-13-26(3)14-16-27/h6-10,17-18H,4-5,11-16H2,1-3H3,(H,25,28). The van der Waals surface area contributed by atoms with Crippen molar-refractivity contribution in [3.05, 3.63) is 53.6 Å². The van der Waals surface area contributed by atoms with E-state index in [0.717, 1.165) is 5.56 Å². The van der Waals surface area contributed by atoms with E-state index in [0.29, 0.717) is 69.4 Å². The third-order valence-corrected chi connectivity index (χ3v) is 7.40. The summed E-state index contributed by atoms with van der Waals surface area (Å²) >= 11 is 0. The lowest BCUT2D eigenvalue weighted by molar-refractivity contribution is 0.0954. The Morgan fingerprint density at radius 2 is 1.67 bits per heavy atom. The Labute approximate surface area is 196 Å². The molecule has 0 aliphatic carbocycles. The molecule has 1 N–H and O–H groups in total. The minimum atomic E-state index is -3.62. The Balaban J connectivity index is 1.62. The van der Waals surface area contributed by atoms with E-state index in [4.69, 9.17) is 9.47 Å². The predicted octanol–water partition coefficient (Wildman–Crippen LogP) is 2.39. The number of rotatable bonds is 10. The summed E-state index contributed by atoms with van der Waals surface area (Å²) in [7, 11) is -1.65.